The number of hydroxylamine groups is 2. The van der Waals surface area contributed by atoms with Gasteiger partial charge >= 0.3 is 0 Å². The lowest BCUT2D eigenvalue weighted by Crippen LogP contribution is -2.38. The number of alkyl halides is 2. The molecule has 0 spiro atoms. The maximum atomic E-state index is 12.0. The van der Waals surface area contributed by atoms with Gasteiger partial charge in [-0.15, -0.1) is 0 Å². The van der Waals surface area contributed by atoms with Crippen molar-refractivity contribution in [2.75, 3.05) is 26.0 Å². The molecule has 9 heteroatoms. The van der Waals surface area contributed by atoms with Crippen LogP contribution in [0.4, 0.5) is 8.78 Å². The summed E-state index contributed by atoms with van der Waals surface area (Å²) in [5.74, 6) is -2.02. The third-order valence-corrected chi connectivity index (χ3v) is 4.15. The van der Waals surface area contributed by atoms with Crippen LogP contribution in [0.25, 0.3) is 0 Å². The predicted molar refractivity (Wildman–Crippen MR) is 63.9 cm³/mol. The smallest absolute Gasteiger partial charge is 0.254 e. The topological polar surface area (TPSA) is 75.7 Å². The molecule has 6 nitrogen and oxygen atoms in total. The highest BCUT2D eigenvalue weighted by atomic mass is 32.2. The van der Waals surface area contributed by atoms with Gasteiger partial charge in [0.05, 0.1) is 7.11 Å². The van der Waals surface area contributed by atoms with Crippen molar-refractivity contribution >= 4 is 15.9 Å². The highest BCUT2D eigenvalue weighted by molar-refractivity contribution is 7.90. The molecule has 19 heavy (non-hydrogen) atoms. The summed E-state index contributed by atoms with van der Waals surface area (Å²) in [6.07, 6.45) is -1.55. The summed E-state index contributed by atoms with van der Waals surface area (Å²) < 4.78 is 47.9. The minimum absolute atomic E-state index is 0.0278. The average Bonchev–Trinajstić information content (AvgIpc) is 2.27. The van der Waals surface area contributed by atoms with Gasteiger partial charge in [-0.1, -0.05) is 0 Å². The van der Waals surface area contributed by atoms with Crippen molar-refractivity contribution in [3.8, 4) is 0 Å². The molecule has 1 aliphatic rings. The number of nitrogens with zero attached hydrogens (tertiary/aromatic N) is 1. The van der Waals surface area contributed by atoms with Gasteiger partial charge in [0.15, 0.2) is 0 Å². The summed E-state index contributed by atoms with van der Waals surface area (Å²) >= 11 is 0. The lowest BCUT2D eigenvalue weighted by molar-refractivity contribution is -0.149. The lowest BCUT2D eigenvalue weighted by Gasteiger charge is -2.29. The van der Waals surface area contributed by atoms with Crippen LogP contribution in [0.1, 0.15) is 19.3 Å². The Morgan fingerprint density at radius 3 is 2.47 bits per heavy atom. The van der Waals surface area contributed by atoms with E-state index in [4.69, 9.17) is 4.84 Å². The molecule has 0 saturated carbocycles. The van der Waals surface area contributed by atoms with Gasteiger partial charge in [-0.05, 0) is 18.8 Å². The van der Waals surface area contributed by atoms with Crippen LogP contribution in [0.2, 0.25) is 0 Å². The molecular formula is C10H18F2N2O4S. The van der Waals surface area contributed by atoms with Crippen molar-refractivity contribution < 1.29 is 26.8 Å². The number of hydrogen-bond acceptors (Lipinski definition) is 5. The summed E-state index contributed by atoms with van der Waals surface area (Å²) in [5.41, 5.74) is 0. The molecule has 0 aromatic heterocycles. The van der Waals surface area contributed by atoms with Crippen molar-refractivity contribution in [1.29, 1.82) is 0 Å². The van der Waals surface area contributed by atoms with Crippen LogP contribution in [0.15, 0.2) is 0 Å². The van der Waals surface area contributed by atoms with E-state index in [1.165, 1.54) is 0 Å². The van der Waals surface area contributed by atoms with Gasteiger partial charge in [-0.25, -0.2) is 17.2 Å². The van der Waals surface area contributed by atoms with Crippen LogP contribution in [0.5, 0.6) is 0 Å². The third kappa shape index (κ3) is 6.26. The number of hydrogen-bond donors (Lipinski definition) is 1. The van der Waals surface area contributed by atoms with E-state index >= 15 is 0 Å². The first-order valence-electron chi connectivity index (χ1n) is 5.93. The monoisotopic (exact) mass is 300 g/mol. The van der Waals surface area contributed by atoms with Crippen molar-refractivity contribution in [1.82, 2.24) is 9.79 Å². The van der Waals surface area contributed by atoms with Gasteiger partial charge in [0.2, 0.25) is 15.9 Å². The van der Waals surface area contributed by atoms with E-state index in [1.807, 2.05) is 0 Å². The largest absolute Gasteiger partial charge is 0.302 e. The van der Waals surface area contributed by atoms with Crippen LogP contribution in [-0.4, -0.2) is 51.8 Å². The molecule has 0 aliphatic carbocycles. The van der Waals surface area contributed by atoms with E-state index in [0.29, 0.717) is 25.9 Å². The summed E-state index contributed by atoms with van der Waals surface area (Å²) in [6.45, 7) is 1.33. The zero-order valence-electron chi connectivity index (χ0n) is 10.6. The molecule has 1 saturated heterocycles. The van der Waals surface area contributed by atoms with Gasteiger partial charge in [0, 0.05) is 19.5 Å². The van der Waals surface area contributed by atoms with Gasteiger partial charge in [-0.3, -0.25) is 9.52 Å². The van der Waals surface area contributed by atoms with Crippen LogP contribution in [0, 0.1) is 5.92 Å². The minimum atomic E-state index is -4.23. The Labute approximate surface area is 111 Å². The first-order chi connectivity index (χ1) is 8.82. The summed E-state index contributed by atoms with van der Waals surface area (Å²) in [4.78, 5) is 16.5. The zero-order chi connectivity index (χ0) is 14.5. The van der Waals surface area contributed by atoms with Crippen molar-refractivity contribution in [2.45, 2.75) is 25.7 Å². The molecule has 1 amide bonds. The lowest BCUT2D eigenvalue weighted by atomic mass is 9.94. The molecule has 1 heterocycles. The summed E-state index contributed by atoms with van der Waals surface area (Å²) in [5, 5.41) is 1.75. The Balaban J connectivity index is 2.36. The molecule has 0 aromatic rings. The number of nitrogens with one attached hydrogen (secondary N) is 1. The molecule has 112 valence electrons. The number of carbonyl (C=O) groups is 1. The quantitative estimate of drug-likeness (QED) is 0.766. The fourth-order valence-electron chi connectivity index (χ4n) is 1.98. The van der Waals surface area contributed by atoms with Crippen LogP contribution >= 0.6 is 0 Å². The fraction of sp³-hybridized carbons (Fsp3) is 0.900. The maximum Gasteiger partial charge on any atom is 0.254 e. The fourth-order valence-corrected chi connectivity index (χ4v) is 2.83. The minimum Gasteiger partial charge on any atom is -0.302 e. The Hall–Kier alpha value is -0.800. The Morgan fingerprint density at radius 2 is 2.00 bits per heavy atom. The first-order valence-corrected chi connectivity index (χ1v) is 7.58. The first kappa shape index (κ1) is 16.3. The van der Waals surface area contributed by atoms with Crippen molar-refractivity contribution in [2.24, 2.45) is 5.92 Å². The predicted octanol–water partition coefficient (Wildman–Crippen LogP) is 0.361. The molecule has 0 aromatic carbocycles. The second-order valence-electron chi connectivity index (χ2n) is 4.46. The highest BCUT2D eigenvalue weighted by Gasteiger charge is 2.25. The van der Waals surface area contributed by atoms with Crippen molar-refractivity contribution in [3.05, 3.63) is 0 Å². The van der Waals surface area contributed by atoms with Gasteiger partial charge in [-0.2, -0.15) is 5.06 Å². The summed E-state index contributed by atoms with van der Waals surface area (Å²) in [7, 11) is -2.67. The number of amides is 1. The second kappa shape index (κ2) is 7.11. The van der Waals surface area contributed by atoms with Crippen LogP contribution < -0.4 is 4.72 Å². The zero-order valence-corrected chi connectivity index (χ0v) is 11.5. The summed E-state index contributed by atoms with van der Waals surface area (Å²) in [6, 6.07) is 0. The number of carbonyl (C=O) groups excluding carboxylic acids is 1. The maximum absolute atomic E-state index is 12.0. The number of piperidine rings is 1. The molecule has 0 unspecified atom stereocenters. The second-order valence-corrected chi connectivity index (χ2v) is 6.22. The number of halogens is 2. The number of sulfonamides is 1. The Kier molecular flexibility index (Phi) is 6.08. The standard InChI is InChI=1S/C10H18F2N2O4S/c1-18-14-4-2-8(3-5-14)6-10(15)13-19(16,17)7-9(11)12/h8-9H,2-7H2,1H3,(H,13,15). The SMILES string of the molecule is CON1CCC(CC(=O)NS(=O)(=O)CC(F)F)CC1. The van der Waals surface area contributed by atoms with Gasteiger partial charge in [0.25, 0.3) is 6.43 Å². The van der Waals surface area contributed by atoms with Crippen molar-refractivity contribution in [3.63, 3.8) is 0 Å². The van der Waals surface area contributed by atoms with Gasteiger partial charge in [0.1, 0.15) is 5.75 Å². The molecule has 1 N–H and O–H groups in total. The van der Waals surface area contributed by atoms with E-state index in [9.17, 15) is 22.0 Å². The normalized spacial score (nSPS) is 18.7. The van der Waals surface area contributed by atoms with E-state index < -0.39 is 28.1 Å². The van der Waals surface area contributed by atoms with E-state index in [0.717, 1.165) is 0 Å². The number of rotatable bonds is 6. The molecule has 1 aliphatic heterocycles. The molecule has 0 bridgehead atoms. The Morgan fingerprint density at radius 1 is 1.42 bits per heavy atom. The average molecular weight is 300 g/mol. The van der Waals surface area contributed by atoms with E-state index in [1.54, 1.807) is 16.9 Å². The molecule has 1 fully saturated rings. The third-order valence-electron chi connectivity index (χ3n) is 2.92. The van der Waals surface area contributed by atoms with Gasteiger partial charge < -0.3 is 4.84 Å². The van der Waals surface area contributed by atoms with E-state index in [-0.39, 0.29) is 12.3 Å². The highest BCUT2D eigenvalue weighted by Crippen LogP contribution is 2.20. The Bertz CT molecular complexity index is 394. The molecule has 0 radical (unpaired) electrons. The molecule has 0 atom stereocenters. The van der Waals surface area contributed by atoms with Crippen LogP contribution in [0.3, 0.4) is 0 Å². The molecular weight excluding hydrogens is 282 g/mol. The van der Waals surface area contributed by atoms with E-state index in [2.05, 4.69) is 0 Å². The molecule has 1 rings (SSSR count). The van der Waals surface area contributed by atoms with Crippen LogP contribution in [-0.2, 0) is 19.7 Å².